The van der Waals surface area contributed by atoms with Crippen molar-refractivity contribution in [2.24, 2.45) is 5.41 Å². The average Bonchev–Trinajstić information content (AvgIpc) is 2.33. The summed E-state index contributed by atoms with van der Waals surface area (Å²) in [5.41, 5.74) is 2.26. The molecule has 1 aromatic rings. The van der Waals surface area contributed by atoms with Crippen molar-refractivity contribution in [3.05, 3.63) is 23.8 Å². The van der Waals surface area contributed by atoms with Crippen molar-refractivity contribution < 1.29 is 5.11 Å². The van der Waals surface area contributed by atoms with Crippen LogP contribution in [0.1, 0.15) is 52.6 Å². The zero-order valence-electron chi connectivity index (χ0n) is 13.8. The summed E-state index contributed by atoms with van der Waals surface area (Å²) in [6.45, 7) is 12.8. The van der Waals surface area contributed by atoms with Crippen LogP contribution < -0.4 is 10.2 Å². The van der Waals surface area contributed by atoms with E-state index in [0.717, 1.165) is 30.8 Å². The molecule has 0 bridgehead atoms. The van der Waals surface area contributed by atoms with E-state index in [1.54, 1.807) is 0 Å². The van der Waals surface area contributed by atoms with Crippen molar-refractivity contribution in [2.45, 2.75) is 47.1 Å². The minimum absolute atomic E-state index is 0.178. The van der Waals surface area contributed by atoms with Crippen LogP contribution in [0.3, 0.4) is 0 Å². The summed E-state index contributed by atoms with van der Waals surface area (Å²) in [6, 6.07) is 6.16. The van der Waals surface area contributed by atoms with E-state index in [9.17, 15) is 5.11 Å². The van der Waals surface area contributed by atoms with Crippen molar-refractivity contribution in [3.8, 4) is 5.75 Å². The fourth-order valence-electron chi connectivity index (χ4n) is 2.41. The Kier molecular flexibility index (Phi) is 5.88. The molecular formula is C17H30N2O. The van der Waals surface area contributed by atoms with Gasteiger partial charge in [0, 0.05) is 37.0 Å². The third kappa shape index (κ3) is 5.04. The second-order valence-electron chi connectivity index (χ2n) is 6.84. The van der Waals surface area contributed by atoms with Crippen molar-refractivity contribution in [1.29, 1.82) is 0 Å². The van der Waals surface area contributed by atoms with Gasteiger partial charge in [-0.1, -0.05) is 33.8 Å². The fourth-order valence-corrected chi connectivity index (χ4v) is 2.41. The number of anilines is 1. The Morgan fingerprint density at radius 3 is 2.45 bits per heavy atom. The number of phenols is 1. The highest BCUT2D eigenvalue weighted by atomic mass is 16.3. The third-order valence-electron chi connectivity index (χ3n) is 3.33. The van der Waals surface area contributed by atoms with Crippen LogP contribution in [0, 0.1) is 5.41 Å². The molecule has 0 fully saturated rings. The molecule has 0 spiro atoms. The molecule has 0 aliphatic heterocycles. The van der Waals surface area contributed by atoms with Crippen molar-refractivity contribution in [2.75, 3.05) is 25.0 Å². The minimum atomic E-state index is 0.178. The largest absolute Gasteiger partial charge is 0.508 e. The highest BCUT2D eigenvalue weighted by Crippen LogP contribution is 2.29. The Bertz CT molecular complexity index is 423. The predicted molar refractivity (Wildman–Crippen MR) is 87.5 cm³/mol. The lowest BCUT2D eigenvalue weighted by atomic mass is 9.96. The van der Waals surface area contributed by atoms with E-state index in [0.29, 0.717) is 5.75 Å². The fraction of sp³-hybridized carbons (Fsp3) is 0.647. The quantitative estimate of drug-likeness (QED) is 0.827. The minimum Gasteiger partial charge on any atom is -0.508 e. The normalized spacial score (nSPS) is 13.3. The molecule has 114 valence electrons. The summed E-state index contributed by atoms with van der Waals surface area (Å²) in [5.74, 6) is 0.374. The van der Waals surface area contributed by atoms with Crippen LogP contribution in [-0.2, 0) is 0 Å². The number of nitrogens with one attached hydrogen (secondary N) is 1. The van der Waals surface area contributed by atoms with Crippen LogP contribution in [-0.4, -0.2) is 25.2 Å². The number of nitrogens with zero attached hydrogens (tertiary/aromatic N) is 1. The van der Waals surface area contributed by atoms with Crippen LogP contribution in [0.4, 0.5) is 5.69 Å². The molecule has 3 heteroatoms. The molecule has 1 aromatic carbocycles. The summed E-state index contributed by atoms with van der Waals surface area (Å²) >= 11 is 0. The first-order valence-electron chi connectivity index (χ1n) is 7.52. The first kappa shape index (κ1) is 16.8. The topological polar surface area (TPSA) is 35.5 Å². The summed E-state index contributed by atoms with van der Waals surface area (Å²) in [4.78, 5) is 2.19. The van der Waals surface area contributed by atoms with E-state index in [1.807, 2.05) is 12.1 Å². The second-order valence-corrected chi connectivity index (χ2v) is 6.84. The van der Waals surface area contributed by atoms with Gasteiger partial charge in [0.1, 0.15) is 5.75 Å². The number of rotatable bonds is 6. The van der Waals surface area contributed by atoms with Gasteiger partial charge in [0.25, 0.3) is 0 Å². The lowest BCUT2D eigenvalue weighted by Gasteiger charge is -2.29. The van der Waals surface area contributed by atoms with E-state index in [-0.39, 0.29) is 11.5 Å². The molecule has 0 saturated heterocycles. The van der Waals surface area contributed by atoms with Gasteiger partial charge in [0.15, 0.2) is 0 Å². The monoisotopic (exact) mass is 278 g/mol. The van der Waals surface area contributed by atoms with Gasteiger partial charge < -0.3 is 15.3 Å². The molecule has 0 aliphatic carbocycles. The average molecular weight is 278 g/mol. The molecule has 1 rings (SSSR count). The van der Waals surface area contributed by atoms with Crippen molar-refractivity contribution >= 4 is 5.69 Å². The van der Waals surface area contributed by atoms with Crippen LogP contribution in [0.15, 0.2) is 18.2 Å². The number of benzene rings is 1. The highest BCUT2D eigenvalue weighted by molar-refractivity contribution is 5.53. The van der Waals surface area contributed by atoms with E-state index < -0.39 is 0 Å². The maximum atomic E-state index is 10.2. The SMILES string of the molecule is CCCNC(C)c1ccc(N(C)CC(C)(C)C)cc1O. The zero-order chi connectivity index (χ0) is 15.3. The molecule has 0 aliphatic rings. The Hall–Kier alpha value is -1.22. The molecule has 1 atom stereocenters. The van der Waals surface area contributed by atoms with Crippen LogP contribution >= 0.6 is 0 Å². The Labute approximate surface area is 124 Å². The number of hydrogen-bond donors (Lipinski definition) is 2. The molecular weight excluding hydrogens is 248 g/mol. The molecule has 0 saturated carbocycles. The van der Waals surface area contributed by atoms with E-state index in [2.05, 4.69) is 57.9 Å². The highest BCUT2D eigenvalue weighted by Gasteiger charge is 2.16. The van der Waals surface area contributed by atoms with Gasteiger partial charge in [-0.05, 0) is 31.4 Å². The number of phenolic OH excluding ortho intramolecular Hbond substituents is 1. The summed E-state index contributed by atoms with van der Waals surface area (Å²) < 4.78 is 0. The summed E-state index contributed by atoms with van der Waals surface area (Å²) in [7, 11) is 2.07. The lowest BCUT2D eigenvalue weighted by molar-refractivity contribution is 0.418. The molecule has 3 nitrogen and oxygen atoms in total. The predicted octanol–water partition coefficient (Wildman–Crippen LogP) is 3.94. The third-order valence-corrected chi connectivity index (χ3v) is 3.33. The van der Waals surface area contributed by atoms with Gasteiger partial charge in [-0.2, -0.15) is 0 Å². The van der Waals surface area contributed by atoms with E-state index >= 15 is 0 Å². The smallest absolute Gasteiger partial charge is 0.122 e. The first-order chi connectivity index (χ1) is 9.24. The van der Waals surface area contributed by atoms with E-state index in [4.69, 9.17) is 0 Å². The Balaban J connectivity index is 2.82. The van der Waals surface area contributed by atoms with Gasteiger partial charge in [-0.25, -0.2) is 0 Å². The maximum absolute atomic E-state index is 10.2. The van der Waals surface area contributed by atoms with E-state index in [1.165, 1.54) is 0 Å². The summed E-state index contributed by atoms with van der Waals surface area (Å²) in [6.07, 6.45) is 1.09. The van der Waals surface area contributed by atoms with Gasteiger partial charge in [0.2, 0.25) is 0 Å². The molecule has 0 aromatic heterocycles. The van der Waals surface area contributed by atoms with Gasteiger partial charge in [-0.3, -0.25) is 0 Å². The Morgan fingerprint density at radius 2 is 1.95 bits per heavy atom. The van der Waals surface area contributed by atoms with Crippen molar-refractivity contribution in [3.63, 3.8) is 0 Å². The lowest BCUT2D eigenvalue weighted by Crippen LogP contribution is -2.29. The molecule has 20 heavy (non-hydrogen) atoms. The van der Waals surface area contributed by atoms with Crippen LogP contribution in [0.25, 0.3) is 0 Å². The zero-order valence-corrected chi connectivity index (χ0v) is 13.8. The molecule has 2 N–H and O–H groups in total. The van der Waals surface area contributed by atoms with Gasteiger partial charge in [0.05, 0.1) is 0 Å². The summed E-state index contributed by atoms with van der Waals surface area (Å²) in [5, 5.41) is 13.6. The van der Waals surface area contributed by atoms with Crippen LogP contribution in [0.2, 0.25) is 0 Å². The number of aromatic hydroxyl groups is 1. The van der Waals surface area contributed by atoms with Crippen LogP contribution in [0.5, 0.6) is 5.75 Å². The second kappa shape index (κ2) is 6.98. The van der Waals surface area contributed by atoms with Crippen molar-refractivity contribution in [1.82, 2.24) is 5.32 Å². The Morgan fingerprint density at radius 1 is 1.30 bits per heavy atom. The van der Waals surface area contributed by atoms with Gasteiger partial charge >= 0.3 is 0 Å². The standard InChI is InChI=1S/C17H30N2O/c1-7-10-18-13(2)15-9-8-14(11-16(15)20)19(6)12-17(3,4)5/h8-9,11,13,18,20H,7,10,12H2,1-6H3. The molecule has 1 unspecified atom stereocenters. The molecule has 0 radical (unpaired) electrons. The first-order valence-corrected chi connectivity index (χ1v) is 7.52. The maximum Gasteiger partial charge on any atom is 0.122 e. The van der Waals surface area contributed by atoms with Gasteiger partial charge in [-0.15, -0.1) is 0 Å². The molecule has 0 amide bonds. The molecule has 0 heterocycles. The number of hydrogen-bond acceptors (Lipinski definition) is 3.